The number of nitrogens with zero attached hydrogens (tertiary/aromatic N) is 4. The average molecular weight is 281 g/mol. The highest BCUT2D eigenvalue weighted by Crippen LogP contribution is 2.21. The zero-order valence-corrected chi connectivity index (χ0v) is 10.5. The van der Waals surface area contributed by atoms with Gasteiger partial charge in [-0.15, -0.1) is 0 Å². The van der Waals surface area contributed by atoms with E-state index in [0.29, 0.717) is 0 Å². The van der Waals surface area contributed by atoms with Gasteiger partial charge in [0.15, 0.2) is 0 Å². The number of hydrogen-bond donors (Lipinski definition) is 0. The van der Waals surface area contributed by atoms with Crippen LogP contribution in [0.15, 0.2) is 23.1 Å². The first-order valence-corrected chi connectivity index (χ1v) is 6.37. The van der Waals surface area contributed by atoms with Crippen LogP contribution < -0.4 is 4.90 Å². The second-order valence-electron chi connectivity index (χ2n) is 4.11. The minimum Gasteiger partial charge on any atom is -0.356 e. The van der Waals surface area contributed by atoms with Crippen molar-refractivity contribution in [2.45, 2.75) is 19.3 Å². The number of anilines is 1. The predicted molar refractivity (Wildman–Crippen MR) is 66.8 cm³/mol. The van der Waals surface area contributed by atoms with E-state index in [2.05, 4.69) is 35.2 Å². The molecule has 0 unspecified atom stereocenters. The zero-order valence-electron chi connectivity index (χ0n) is 8.93. The van der Waals surface area contributed by atoms with Crippen LogP contribution in [0, 0.1) is 0 Å². The first-order chi connectivity index (χ1) is 7.84. The highest BCUT2D eigenvalue weighted by atomic mass is 79.9. The van der Waals surface area contributed by atoms with E-state index in [0.717, 1.165) is 29.2 Å². The highest BCUT2D eigenvalue weighted by molar-refractivity contribution is 9.10. The lowest BCUT2D eigenvalue weighted by molar-refractivity contribution is 0.572. The molecule has 1 aliphatic heterocycles. The molecule has 0 saturated carbocycles. The molecule has 0 amide bonds. The molecule has 1 fully saturated rings. The summed E-state index contributed by atoms with van der Waals surface area (Å²) < 4.78 is 3.03. The third-order valence-corrected chi connectivity index (χ3v) is 3.40. The van der Waals surface area contributed by atoms with Gasteiger partial charge in [-0.1, -0.05) is 0 Å². The molecular formula is C11H13BrN4. The van der Waals surface area contributed by atoms with Crippen LogP contribution in [0.1, 0.15) is 19.3 Å². The normalized spacial score (nSPS) is 16.9. The summed E-state index contributed by atoms with van der Waals surface area (Å²) in [6.07, 6.45) is 9.61. The second-order valence-corrected chi connectivity index (χ2v) is 5.02. The molecule has 0 aromatic carbocycles. The number of imidazole rings is 1. The maximum absolute atomic E-state index is 4.32. The molecular weight excluding hydrogens is 268 g/mol. The Kier molecular flexibility index (Phi) is 2.55. The molecule has 0 radical (unpaired) electrons. The standard InChI is InChI=1S/C11H13BrN4/c12-9-6-13-11-14-7-10(16(11)8-9)15-4-2-1-3-5-15/h6-8H,1-5H2. The lowest BCUT2D eigenvalue weighted by atomic mass is 10.1. The van der Waals surface area contributed by atoms with E-state index in [1.54, 1.807) is 6.20 Å². The quantitative estimate of drug-likeness (QED) is 0.805. The van der Waals surface area contributed by atoms with Crippen molar-refractivity contribution < 1.29 is 0 Å². The molecule has 3 heterocycles. The molecule has 2 aromatic heterocycles. The van der Waals surface area contributed by atoms with Crippen molar-refractivity contribution in [3.05, 3.63) is 23.1 Å². The van der Waals surface area contributed by atoms with E-state index in [1.165, 1.54) is 19.3 Å². The van der Waals surface area contributed by atoms with Crippen molar-refractivity contribution in [3.8, 4) is 0 Å². The topological polar surface area (TPSA) is 33.4 Å². The number of halogens is 1. The molecule has 16 heavy (non-hydrogen) atoms. The number of fused-ring (bicyclic) bond motifs is 1. The summed E-state index contributed by atoms with van der Waals surface area (Å²) in [4.78, 5) is 11.0. The van der Waals surface area contributed by atoms with Crippen LogP contribution in [-0.4, -0.2) is 27.5 Å². The maximum Gasteiger partial charge on any atom is 0.235 e. The first-order valence-electron chi connectivity index (χ1n) is 5.58. The molecule has 0 spiro atoms. The van der Waals surface area contributed by atoms with Gasteiger partial charge in [-0.3, -0.25) is 4.40 Å². The summed E-state index contributed by atoms with van der Waals surface area (Å²) in [7, 11) is 0. The van der Waals surface area contributed by atoms with Crippen molar-refractivity contribution in [2.24, 2.45) is 0 Å². The smallest absolute Gasteiger partial charge is 0.235 e. The monoisotopic (exact) mass is 280 g/mol. The van der Waals surface area contributed by atoms with Gasteiger partial charge in [0.25, 0.3) is 0 Å². The van der Waals surface area contributed by atoms with Gasteiger partial charge in [0.1, 0.15) is 5.82 Å². The van der Waals surface area contributed by atoms with E-state index < -0.39 is 0 Å². The van der Waals surface area contributed by atoms with Gasteiger partial charge >= 0.3 is 0 Å². The fourth-order valence-electron chi connectivity index (χ4n) is 2.19. The van der Waals surface area contributed by atoms with E-state index in [-0.39, 0.29) is 0 Å². The molecule has 1 saturated heterocycles. The lowest BCUT2D eigenvalue weighted by Crippen LogP contribution is -2.30. The zero-order chi connectivity index (χ0) is 11.0. The molecule has 84 valence electrons. The van der Waals surface area contributed by atoms with Crippen molar-refractivity contribution in [3.63, 3.8) is 0 Å². The van der Waals surface area contributed by atoms with Gasteiger partial charge < -0.3 is 4.90 Å². The Morgan fingerprint density at radius 3 is 2.62 bits per heavy atom. The Balaban J connectivity index is 2.05. The Bertz CT molecular complexity index is 502. The molecule has 0 aliphatic carbocycles. The number of piperidine rings is 1. The molecule has 2 aromatic rings. The van der Waals surface area contributed by atoms with Crippen LogP contribution in [-0.2, 0) is 0 Å². The summed E-state index contributed by atoms with van der Waals surface area (Å²) >= 11 is 3.45. The summed E-state index contributed by atoms with van der Waals surface area (Å²) in [6, 6.07) is 0. The van der Waals surface area contributed by atoms with Gasteiger partial charge in [-0.25, -0.2) is 9.97 Å². The van der Waals surface area contributed by atoms with Crippen molar-refractivity contribution in [2.75, 3.05) is 18.0 Å². The van der Waals surface area contributed by atoms with Crippen molar-refractivity contribution in [1.29, 1.82) is 0 Å². The van der Waals surface area contributed by atoms with Gasteiger partial charge in [-0.2, -0.15) is 0 Å². The highest BCUT2D eigenvalue weighted by Gasteiger charge is 2.15. The Morgan fingerprint density at radius 1 is 1.06 bits per heavy atom. The van der Waals surface area contributed by atoms with Crippen LogP contribution in [0.25, 0.3) is 5.78 Å². The lowest BCUT2D eigenvalue weighted by Gasteiger charge is -2.27. The second kappa shape index (κ2) is 4.05. The average Bonchev–Trinajstić information content (AvgIpc) is 2.73. The van der Waals surface area contributed by atoms with Crippen LogP contribution in [0.2, 0.25) is 0 Å². The van der Waals surface area contributed by atoms with Crippen molar-refractivity contribution >= 4 is 27.5 Å². The molecule has 0 N–H and O–H groups in total. The third kappa shape index (κ3) is 1.69. The van der Waals surface area contributed by atoms with Gasteiger partial charge in [-0.05, 0) is 35.2 Å². The van der Waals surface area contributed by atoms with Crippen LogP contribution in [0.4, 0.5) is 5.82 Å². The summed E-state index contributed by atoms with van der Waals surface area (Å²) in [5.74, 6) is 1.92. The minimum atomic E-state index is 0.767. The predicted octanol–water partition coefficient (Wildman–Crippen LogP) is 2.48. The summed E-state index contributed by atoms with van der Waals surface area (Å²) in [5, 5.41) is 0. The first kappa shape index (κ1) is 10.1. The Hall–Kier alpha value is -1.10. The minimum absolute atomic E-state index is 0.767. The largest absolute Gasteiger partial charge is 0.356 e. The van der Waals surface area contributed by atoms with Crippen molar-refractivity contribution in [1.82, 2.24) is 14.4 Å². The molecule has 0 atom stereocenters. The molecule has 4 nitrogen and oxygen atoms in total. The van der Waals surface area contributed by atoms with E-state index >= 15 is 0 Å². The molecule has 5 heteroatoms. The van der Waals surface area contributed by atoms with E-state index in [9.17, 15) is 0 Å². The van der Waals surface area contributed by atoms with Crippen LogP contribution in [0.5, 0.6) is 0 Å². The van der Waals surface area contributed by atoms with Gasteiger partial charge in [0, 0.05) is 25.5 Å². The molecule has 1 aliphatic rings. The van der Waals surface area contributed by atoms with Gasteiger partial charge in [0.2, 0.25) is 5.78 Å². The fourth-order valence-corrected chi connectivity index (χ4v) is 2.50. The SMILES string of the molecule is Brc1cnc2ncc(N3CCCCC3)n2c1. The van der Waals surface area contributed by atoms with Gasteiger partial charge in [0.05, 0.1) is 10.7 Å². The summed E-state index contributed by atoms with van der Waals surface area (Å²) in [5.41, 5.74) is 0. The molecule has 3 rings (SSSR count). The maximum atomic E-state index is 4.32. The molecule has 0 bridgehead atoms. The Morgan fingerprint density at radius 2 is 1.81 bits per heavy atom. The fraction of sp³-hybridized carbons (Fsp3) is 0.455. The van der Waals surface area contributed by atoms with E-state index in [4.69, 9.17) is 0 Å². The summed E-state index contributed by atoms with van der Waals surface area (Å²) in [6.45, 7) is 2.25. The van der Waals surface area contributed by atoms with E-state index in [1.807, 2.05) is 12.4 Å². The number of aromatic nitrogens is 3. The van der Waals surface area contributed by atoms with Crippen LogP contribution in [0.3, 0.4) is 0 Å². The Labute approximate surface area is 102 Å². The van der Waals surface area contributed by atoms with Crippen LogP contribution >= 0.6 is 15.9 Å². The number of hydrogen-bond acceptors (Lipinski definition) is 3. The number of rotatable bonds is 1. The third-order valence-electron chi connectivity index (χ3n) is 2.99.